The highest BCUT2D eigenvalue weighted by Gasteiger charge is 2.08. The van der Waals surface area contributed by atoms with E-state index in [-0.39, 0.29) is 6.04 Å². The number of halogens is 1. The van der Waals surface area contributed by atoms with Gasteiger partial charge in [-0.15, -0.1) is 0 Å². The number of rotatable bonds is 3. The minimum Gasteiger partial charge on any atom is -0.324 e. The average molecular weight is 291 g/mol. The number of aryl methyl sites for hydroxylation is 1. The monoisotopic (exact) mass is 290 g/mol. The fourth-order valence-electron chi connectivity index (χ4n) is 1.73. The maximum absolute atomic E-state index is 6.20. The van der Waals surface area contributed by atoms with Crippen LogP contribution in [0.5, 0.6) is 0 Å². The number of benzene rings is 1. The molecule has 2 aromatic rings. The Hall–Kier alpha value is -1.19. The van der Waals surface area contributed by atoms with Crippen LogP contribution in [0.15, 0.2) is 47.2 Å². The molecule has 3 heteroatoms. The van der Waals surface area contributed by atoms with Gasteiger partial charge in [0.1, 0.15) is 0 Å². The van der Waals surface area contributed by atoms with E-state index in [1.54, 1.807) is 6.20 Å². The summed E-state index contributed by atoms with van der Waals surface area (Å²) >= 11 is 3.53. The minimum atomic E-state index is 0.0103. The molecule has 1 aromatic heterocycles. The summed E-state index contributed by atoms with van der Waals surface area (Å²) in [5.41, 5.74) is 9.73. The van der Waals surface area contributed by atoms with Gasteiger partial charge < -0.3 is 5.73 Å². The fourth-order valence-corrected chi connectivity index (χ4v) is 2.13. The molecule has 88 valence electrons. The van der Waals surface area contributed by atoms with Crippen LogP contribution in [0, 0.1) is 6.92 Å². The Morgan fingerprint density at radius 1 is 1.35 bits per heavy atom. The maximum atomic E-state index is 6.20. The van der Waals surface area contributed by atoms with Gasteiger partial charge >= 0.3 is 0 Å². The maximum Gasteiger partial charge on any atom is 0.0336 e. The van der Waals surface area contributed by atoms with Crippen LogP contribution in [0.4, 0.5) is 0 Å². The molecule has 0 amide bonds. The lowest BCUT2D eigenvalue weighted by molar-refractivity contribution is 0.719. The smallest absolute Gasteiger partial charge is 0.0336 e. The SMILES string of the molecule is Cc1ccc(C(N)Cc2cccnc2)cc1Br. The summed E-state index contributed by atoms with van der Waals surface area (Å²) in [5, 5.41) is 0. The van der Waals surface area contributed by atoms with Crippen LogP contribution in [0.1, 0.15) is 22.7 Å². The van der Waals surface area contributed by atoms with E-state index < -0.39 is 0 Å². The molecule has 2 N–H and O–H groups in total. The summed E-state index contributed by atoms with van der Waals surface area (Å²) in [6.45, 7) is 2.07. The second-order valence-electron chi connectivity index (χ2n) is 4.18. The van der Waals surface area contributed by atoms with Crippen molar-refractivity contribution in [2.45, 2.75) is 19.4 Å². The lowest BCUT2D eigenvalue weighted by Crippen LogP contribution is -2.13. The molecule has 0 aliphatic carbocycles. The van der Waals surface area contributed by atoms with Crippen molar-refractivity contribution in [2.75, 3.05) is 0 Å². The molecule has 0 saturated heterocycles. The van der Waals surface area contributed by atoms with Crippen molar-refractivity contribution in [3.63, 3.8) is 0 Å². The minimum absolute atomic E-state index is 0.0103. The van der Waals surface area contributed by atoms with E-state index in [2.05, 4.69) is 52.1 Å². The highest BCUT2D eigenvalue weighted by Crippen LogP contribution is 2.22. The second kappa shape index (κ2) is 5.43. The Morgan fingerprint density at radius 2 is 2.18 bits per heavy atom. The van der Waals surface area contributed by atoms with Crippen LogP contribution in [0.25, 0.3) is 0 Å². The second-order valence-corrected chi connectivity index (χ2v) is 5.03. The third kappa shape index (κ3) is 3.14. The largest absolute Gasteiger partial charge is 0.324 e. The molecule has 0 aliphatic heterocycles. The third-order valence-electron chi connectivity index (χ3n) is 2.80. The van der Waals surface area contributed by atoms with Gasteiger partial charge in [-0.1, -0.05) is 34.1 Å². The normalized spacial score (nSPS) is 12.4. The molecule has 1 heterocycles. The fraction of sp³-hybridized carbons (Fsp3) is 0.214. The van der Waals surface area contributed by atoms with Crippen LogP contribution in [-0.4, -0.2) is 4.98 Å². The van der Waals surface area contributed by atoms with Gasteiger partial charge in [0.15, 0.2) is 0 Å². The van der Waals surface area contributed by atoms with E-state index in [0.29, 0.717) is 0 Å². The Balaban J connectivity index is 2.14. The number of hydrogen-bond acceptors (Lipinski definition) is 2. The van der Waals surface area contributed by atoms with Crippen molar-refractivity contribution in [3.8, 4) is 0 Å². The molecule has 1 unspecified atom stereocenters. The molecule has 0 aliphatic rings. The average Bonchev–Trinajstić information content (AvgIpc) is 2.34. The van der Waals surface area contributed by atoms with Crippen LogP contribution >= 0.6 is 15.9 Å². The predicted octanol–water partition coefficient (Wildman–Crippen LogP) is 3.40. The summed E-state index contributed by atoms with van der Waals surface area (Å²) in [4.78, 5) is 4.10. The number of pyridine rings is 1. The Labute approximate surface area is 110 Å². The molecule has 0 spiro atoms. The van der Waals surface area contributed by atoms with E-state index in [0.717, 1.165) is 22.0 Å². The van der Waals surface area contributed by atoms with Crippen molar-refractivity contribution in [1.29, 1.82) is 0 Å². The van der Waals surface area contributed by atoms with Gasteiger partial charge in [0.25, 0.3) is 0 Å². The third-order valence-corrected chi connectivity index (χ3v) is 3.66. The van der Waals surface area contributed by atoms with E-state index in [4.69, 9.17) is 5.73 Å². The van der Waals surface area contributed by atoms with Crippen LogP contribution in [-0.2, 0) is 6.42 Å². The van der Waals surface area contributed by atoms with Crippen molar-refractivity contribution < 1.29 is 0 Å². The summed E-state index contributed by atoms with van der Waals surface area (Å²) < 4.78 is 1.11. The first kappa shape index (κ1) is 12.3. The molecular weight excluding hydrogens is 276 g/mol. The van der Waals surface area contributed by atoms with Gasteiger partial charge in [-0.05, 0) is 42.2 Å². The molecule has 2 rings (SSSR count). The quantitative estimate of drug-likeness (QED) is 0.941. The van der Waals surface area contributed by atoms with E-state index in [1.807, 2.05) is 12.3 Å². The first-order valence-corrected chi connectivity index (χ1v) is 6.36. The van der Waals surface area contributed by atoms with Crippen LogP contribution in [0.3, 0.4) is 0 Å². The summed E-state index contributed by atoms with van der Waals surface area (Å²) in [7, 11) is 0. The molecule has 0 saturated carbocycles. The number of nitrogens with two attached hydrogens (primary N) is 1. The number of nitrogens with zero attached hydrogens (tertiary/aromatic N) is 1. The summed E-state index contributed by atoms with van der Waals surface area (Å²) in [6, 6.07) is 10.3. The molecule has 1 atom stereocenters. The molecule has 0 radical (unpaired) electrons. The molecule has 1 aromatic carbocycles. The van der Waals surface area contributed by atoms with E-state index in [1.165, 1.54) is 5.56 Å². The van der Waals surface area contributed by atoms with Gasteiger partial charge in [0, 0.05) is 22.9 Å². The van der Waals surface area contributed by atoms with Gasteiger partial charge in [0.05, 0.1) is 0 Å². The topological polar surface area (TPSA) is 38.9 Å². The molecule has 2 nitrogen and oxygen atoms in total. The zero-order chi connectivity index (χ0) is 12.3. The highest BCUT2D eigenvalue weighted by molar-refractivity contribution is 9.10. The lowest BCUT2D eigenvalue weighted by Gasteiger charge is -2.13. The summed E-state index contributed by atoms with van der Waals surface area (Å²) in [6.07, 6.45) is 4.45. The van der Waals surface area contributed by atoms with Crippen LogP contribution in [0.2, 0.25) is 0 Å². The van der Waals surface area contributed by atoms with E-state index in [9.17, 15) is 0 Å². The Kier molecular flexibility index (Phi) is 3.92. The molecule has 0 fully saturated rings. The van der Waals surface area contributed by atoms with Crippen LogP contribution < -0.4 is 5.73 Å². The first-order valence-electron chi connectivity index (χ1n) is 5.57. The Morgan fingerprint density at radius 3 is 2.82 bits per heavy atom. The van der Waals surface area contributed by atoms with E-state index >= 15 is 0 Å². The lowest BCUT2D eigenvalue weighted by atomic mass is 10.00. The molecular formula is C14H15BrN2. The van der Waals surface area contributed by atoms with Gasteiger partial charge in [-0.2, -0.15) is 0 Å². The standard InChI is InChI=1S/C14H15BrN2/c1-10-4-5-12(8-13(10)15)14(16)7-11-3-2-6-17-9-11/h2-6,8-9,14H,7,16H2,1H3. The van der Waals surface area contributed by atoms with Gasteiger partial charge in [-0.3, -0.25) is 4.98 Å². The molecule has 0 bridgehead atoms. The zero-order valence-electron chi connectivity index (χ0n) is 9.73. The van der Waals surface area contributed by atoms with Crippen molar-refractivity contribution >= 4 is 15.9 Å². The summed E-state index contributed by atoms with van der Waals surface area (Å²) in [5.74, 6) is 0. The van der Waals surface area contributed by atoms with Crippen molar-refractivity contribution in [3.05, 3.63) is 63.9 Å². The van der Waals surface area contributed by atoms with Crippen molar-refractivity contribution in [1.82, 2.24) is 4.98 Å². The molecule has 17 heavy (non-hydrogen) atoms. The number of hydrogen-bond donors (Lipinski definition) is 1. The Bertz CT molecular complexity index is 497. The van der Waals surface area contributed by atoms with Gasteiger partial charge in [0.2, 0.25) is 0 Å². The highest BCUT2D eigenvalue weighted by atomic mass is 79.9. The number of aromatic nitrogens is 1. The predicted molar refractivity (Wildman–Crippen MR) is 73.7 cm³/mol. The van der Waals surface area contributed by atoms with Crippen molar-refractivity contribution in [2.24, 2.45) is 5.73 Å². The zero-order valence-corrected chi connectivity index (χ0v) is 11.3. The van der Waals surface area contributed by atoms with Gasteiger partial charge in [-0.25, -0.2) is 0 Å². The first-order chi connectivity index (χ1) is 8.16.